The van der Waals surface area contributed by atoms with Gasteiger partial charge in [-0.3, -0.25) is 9.59 Å². The fourth-order valence-electron chi connectivity index (χ4n) is 1.77. The van der Waals surface area contributed by atoms with Crippen LogP contribution in [0.15, 0.2) is 18.2 Å². The quantitative estimate of drug-likeness (QED) is 0.635. The molecule has 0 aliphatic rings. The van der Waals surface area contributed by atoms with E-state index in [1.165, 1.54) is 6.92 Å². The fourth-order valence-corrected chi connectivity index (χ4v) is 3.19. The number of hydrogen-bond donors (Lipinski definition) is 2. The van der Waals surface area contributed by atoms with Crippen molar-refractivity contribution < 1.29 is 31.5 Å². The molecule has 140 valence electrons. The van der Waals surface area contributed by atoms with E-state index in [9.17, 15) is 26.8 Å². The van der Waals surface area contributed by atoms with E-state index in [-0.39, 0.29) is 5.75 Å². The van der Waals surface area contributed by atoms with Gasteiger partial charge in [0.05, 0.1) is 5.75 Å². The predicted molar refractivity (Wildman–Crippen MR) is 87.2 cm³/mol. The normalized spacial score (nSPS) is 12.5. The van der Waals surface area contributed by atoms with Crippen molar-refractivity contribution in [1.82, 2.24) is 4.72 Å². The maximum Gasteiger partial charge on any atom is 0.324 e. The smallest absolute Gasteiger partial charge is 0.324 e. The minimum absolute atomic E-state index is 0.131. The molecule has 1 atom stereocenters. The first-order valence-corrected chi connectivity index (χ1v) is 9.22. The highest BCUT2D eigenvalue weighted by molar-refractivity contribution is 7.89. The maximum absolute atomic E-state index is 13.4. The van der Waals surface area contributed by atoms with Gasteiger partial charge in [-0.25, -0.2) is 21.9 Å². The van der Waals surface area contributed by atoms with Gasteiger partial charge in [0, 0.05) is 0 Å². The van der Waals surface area contributed by atoms with Crippen molar-refractivity contribution in [2.75, 3.05) is 17.7 Å². The second-order valence-electron chi connectivity index (χ2n) is 5.26. The topological polar surface area (TPSA) is 102 Å². The number of anilines is 1. The van der Waals surface area contributed by atoms with Crippen LogP contribution in [0.2, 0.25) is 0 Å². The number of nitrogens with one attached hydrogen (secondary N) is 2. The minimum atomic E-state index is -3.64. The van der Waals surface area contributed by atoms with Crippen molar-refractivity contribution in [1.29, 1.82) is 0 Å². The molecule has 10 heteroatoms. The number of benzene rings is 1. The zero-order chi connectivity index (χ0) is 19.0. The summed E-state index contributed by atoms with van der Waals surface area (Å²) < 4.78 is 56.9. The number of ether oxygens (including phenoxy) is 1. The molecule has 0 heterocycles. The van der Waals surface area contributed by atoms with Crippen LogP contribution in [-0.2, 0) is 24.3 Å². The van der Waals surface area contributed by atoms with E-state index in [0.717, 1.165) is 18.2 Å². The Morgan fingerprint density at radius 2 is 1.84 bits per heavy atom. The summed E-state index contributed by atoms with van der Waals surface area (Å²) in [4.78, 5) is 23.3. The van der Waals surface area contributed by atoms with Gasteiger partial charge in [0.25, 0.3) is 5.91 Å². The first-order chi connectivity index (χ1) is 11.7. The standard InChI is InChI=1S/C15H20F2N2O5S/c1-3-4-8-25(22,23)19-10(2)15(21)24-9-13(20)18-14-11(16)6-5-7-12(14)17/h5-7,10,19H,3-4,8-9H2,1-2H3,(H,18,20)/t10-/m0/s1. The Balaban J connectivity index is 2.51. The van der Waals surface area contributed by atoms with Crippen molar-refractivity contribution in [2.45, 2.75) is 32.7 Å². The highest BCUT2D eigenvalue weighted by Gasteiger charge is 2.22. The van der Waals surface area contributed by atoms with Crippen LogP contribution in [0.25, 0.3) is 0 Å². The molecule has 0 radical (unpaired) electrons. The fraction of sp³-hybridized carbons (Fsp3) is 0.467. The van der Waals surface area contributed by atoms with Gasteiger partial charge in [0.2, 0.25) is 10.0 Å². The summed E-state index contributed by atoms with van der Waals surface area (Å²) in [6.07, 6.45) is 1.11. The maximum atomic E-state index is 13.4. The summed E-state index contributed by atoms with van der Waals surface area (Å²) in [5.41, 5.74) is -0.656. The number of hydrogen-bond acceptors (Lipinski definition) is 5. The van der Waals surface area contributed by atoms with Crippen molar-refractivity contribution in [3.05, 3.63) is 29.8 Å². The summed E-state index contributed by atoms with van der Waals surface area (Å²) in [6, 6.07) is 1.85. The van der Waals surface area contributed by atoms with E-state index in [4.69, 9.17) is 0 Å². The predicted octanol–water partition coefficient (Wildman–Crippen LogP) is 1.55. The number of rotatable bonds is 9. The second kappa shape index (κ2) is 9.42. The molecule has 0 aliphatic heterocycles. The molecule has 0 aromatic heterocycles. The lowest BCUT2D eigenvalue weighted by molar-refractivity contribution is -0.148. The molecule has 1 rings (SSSR count). The monoisotopic (exact) mass is 378 g/mol. The zero-order valence-corrected chi connectivity index (χ0v) is 14.7. The molecular weight excluding hydrogens is 358 g/mol. The van der Waals surface area contributed by atoms with E-state index in [0.29, 0.717) is 12.8 Å². The molecule has 0 bridgehead atoms. The summed E-state index contributed by atoms with van der Waals surface area (Å²) in [5, 5.41) is 1.94. The first-order valence-electron chi connectivity index (χ1n) is 7.56. The summed E-state index contributed by atoms with van der Waals surface area (Å²) >= 11 is 0. The molecule has 0 saturated carbocycles. The Morgan fingerprint density at radius 3 is 2.40 bits per heavy atom. The third kappa shape index (κ3) is 7.14. The number of unbranched alkanes of at least 4 members (excludes halogenated alkanes) is 1. The average molecular weight is 378 g/mol. The van der Waals surface area contributed by atoms with Crippen LogP contribution in [0.4, 0.5) is 14.5 Å². The first kappa shape index (κ1) is 21.0. The molecule has 0 unspecified atom stereocenters. The highest BCUT2D eigenvalue weighted by atomic mass is 32.2. The molecule has 1 aromatic rings. The van der Waals surface area contributed by atoms with Gasteiger partial charge in [0.15, 0.2) is 6.61 Å². The molecule has 1 aromatic carbocycles. The number of halogens is 2. The lowest BCUT2D eigenvalue weighted by atomic mass is 10.3. The molecule has 2 N–H and O–H groups in total. The zero-order valence-electron chi connectivity index (χ0n) is 13.8. The van der Waals surface area contributed by atoms with Crippen LogP contribution in [0, 0.1) is 11.6 Å². The van der Waals surface area contributed by atoms with Gasteiger partial charge in [-0.2, -0.15) is 0 Å². The summed E-state index contributed by atoms with van der Waals surface area (Å²) in [6.45, 7) is 2.28. The number of sulfonamides is 1. The third-order valence-electron chi connectivity index (χ3n) is 3.05. The lowest BCUT2D eigenvalue weighted by Crippen LogP contribution is -2.41. The van der Waals surface area contributed by atoms with Gasteiger partial charge >= 0.3 is 5.97 Å². The van der Waals surface area contributed by atoms with Gasteiger partial charge in [0.1, 0.15) is 23.4 Å². The molecule has 0 spiro atoms. The van der Waals surface area contributed by atoms with Crippen LogP contribution < -0.4 is 10.0 Å². The van der Waals surface area contributed by atoms with Crippen molar-refractivity contribution in [2.24, 2.45) is 0 Å². The van der Waals surface area contributed by atoms with Gasteiger partial charge in [-0.15, -0.1) is 0 Å². The van der Waals surface area contributed by atoms with Gasteiger partial charge in [-0.05, 0) is 25.5 Å². The highest BCUT2D eigenvalue weighted by Crippen LogP contribution is 2.17. The Morgan fingerprint density at radius 1 is 1.24 bits per heavy atom. The lowest BCUT2D eigenvalue weighted by Gasteiger charge is -2.13. The van der Waals surface area contributed by atoms with Gasteiger partial charge in [-0.1, -0.05) is 19.4 Å². The molecule has 1 amide bonds. The van der Waals surface area contributed by atoms with E-state index < -0.39 is 51.9 Å². The third-order valence-corrected chi connectivity index (χ3v) is 4.59. The number of carbonyl (C=O) groups is 2. The van der Waals surface area contributed by atoms with Crippen molar-refractivity contribution >= 4 is 27.6 Å². The molecule has 0 saturated heterocycles. The largest absolute Gasteiger partial charge is 0.454 e. The minimum Gasteiger partial charge on any atom is -0.454 e. The molecular formula is C15H20F2N2O5S. The van der Waals surface area contributed by atoms with E-state index >= 15 is 0 Å². The van der Waals surface area contributed by atoms with Crippen molar-refractivity contribution in [3.63, 3.8) is 0 Å². The Hall–Kier alpha value is -2.07. The summed E-state index contributed by atoms with van der Waals surface area (Å²) in [7, 11) is -3.64. The van der Waals surface area contributed by atoms with E-state index in [2.05, 4.69) is 9.46 Å². The van der Waals surface area contributed by atoms with Crippen LogP contribution in [-0.4, -0.2) is 38.7 Å². The number of amides is 1. The van der Waals surface area contributed by atoms with Crippen LogP contribution in [0.3, 0.4) is 0 Å². The number of carbonyl (C=O) groups excluding carboxylic acids is 2. The summed E-state index contributed by atoms with van der Waals surface area (Å²) in [5.74, 6) is -4.02. The molecule has 25 heavy (non-hydrogen) atoms. The molecule has 0 aliphatic carbocycles. The average Bonchev–Trinajstić information content (AvgIpc) is 2.53. The Labute approximate surface area is 144 Å². The van der Waals surface area contributed by atoms with E-state index in [1.54, 1.807) is 0 Å². The second-order valence-corrected chi connectivity index (χ2v) is 7.14. The number of esters is 1. The van der Waals surface area contributed by atoms with Crippen LogP contribution >= 0.6 is 0 Å². The van der Waals surface area contributed by atoms with Gasteiger partial charge < -0.3 is 10.1 Å². The van der Waals surface area contributed by atoms with Crippen molar-refractivity contribution in [3.8, 4) is 0 Å². The van der Waals surface area contributed by atoms with E-state index in [1.807, 2.05) is 12.2 Å². The Bertz CT molecular complexity index is 704. The van der Waals surface area contributed by atoms with Crippen LogP contribution in [0.1, 0.15) is 26.7 Å². The van der Waals surface area contributed by atoms with Crippen LogP contribution in [0.5, 0.6) is 0 Å². The Kier molecular flexibility index (Phi) is 7.91. The SMILES string of the molecule is CCCCS(=O)(=O)N[C@@H](C)C(=O)OCC(=O)Nc1c(F)cccc1F. The number of para-hydroxylation sites is 1. The molecule has 7 nitrogen and oxygen atoms in total. The molecule has 0 fully saturated rings.